The van der Waals surface area contributed by atoms with E-state index < -0.39 is 10.0 Å². The summed E-state index contributed by atoms with van der Waals surface area (Å²) in [6.07, 6.45) is 8.19. The average molecular weight is 428 g/mol. The van der Waals surface area contributed by atoms with Crippen molar-refractivity contribution in [2.24, 2.45) is 5.73 Å². The summed E-state index contributed by atoms with van der Waals surface area (Å²) in [5, 5.41) is 0. The number of sulfonamides is 1. The van der Waals surface area contributed by atoms with E-state index in [1.807, 2.05) is 12.3 Å². The largest absolute Gasteiger partial charge is 0.326 e. The Morgan fingerprint density at radius 1 is 1.29 bits per heavy atom. The number of allylic oxidation sites excluding steroid dienone is 4. The molecule has 154 valence electrons. The van der Waals surface area contributed by atoms with Crippen LogP contribution in [0.2, 0.25) is 0 Å². The topological polar surface area (TPSA) is 84.5 Å². The summed E-state index contributed by atoms with van der Waals surface area (Å²) in [5.74, 6) is -0.0799. The zero-order chi connectivity index (χ0) is 20.3. The van der Waals surface area contributed by atoms with Gasteiger partial charge >= 0.3 is 0 Å². The molecule has 0 saturated carbocycles. The summed E-state index contributed by atoms with van der Waals surface area (Å²) in [6, 6.07) is 0.102. The minimum Gasteiger partial charge on any atom is -0.326 e. The van der Waals surface area contributed by atoms with Crippen molar-refractivity contribution in [1.29, 1.82) is 0 Å². The van der Waals surface area contributed by atoms with Crippen LogP contribution < -0.4 is 5.73 Å². The first kappa shape index (κ1) is 21.3. The van der Waals surface area contributed by atoms with Crippen molar-refractivity contribution in [2.45, 2.75) is 32.4 Å². The Kier molecular flexibility index (Phi) is 6.77. The van der Waals surface area contributed by atoms with Gasteiger partial charge < -0.3 is 10.3 Å². The van der Waals surface area contributed by atoms with Crippen LogP contribution in [0.1, 0.15) is 31.5 Å². The number of rotatable bonds is 6. The number of thiocarbonyl (C=S) groups is 1. The van der Waals surface area contributed by atoms with Gasteiger partial charge in [0.05, 0.1) is 18.1 Å². The Balaban J connectivity index is 1.63. The highest BCUT2D eigenvalue weighted by Crippen LogP contribution is 2.29. The van der Waals surface area contributed by atoms with Crippen molar-refractivity contribution in [3.63, 3.8) is 0 Å². The molecule has 1 aliphatic heterocycles. The molecule has 1 unspecified atom stereocenters. The smallest absolute Gasteiger partial charge is 0.250 e. The molecular weight excluding hydrogens is 401 g/mol. The third kappa shape index (κ3) is 4.57. The Morgan fingerprint density at radius 2 is 2.00 bits per heavy atom. The van der Waals surface area contributed by atoms with Crippen LogP contribution in [-0.4, -0.2) is 64.1 Å². The molecular formula is C18H26FN5O2S2. The summed E-state index contributed by atoms with van der Waals surface area (Å²) < 4.78 is 41.3. The summed E-state index contributed by atoms with van der Waals surface area (Å²) >= 11 is 4.90. The lowest BCUT2D eigenvalue weighted by atomic mass is 9.98. The highest BCUT2D eigenvalue weighted by molar-refractivity contribution is 8.16. The van der Waals surface area contributed by atoms with E-state index in [0.717, 1.165) is 5.69 Å². The molecule has 1 aromatic heterocycles. The normalized spacial score (nSPS) is 20.5. The molecule has 0 aromatic carbocycles. The number of imidazole rings is 1. The zero-order valence-electron chi connectivity index (χ0n) is 15.9. The zero-order valence-corrected chi connectivity index (χ0v) is 17.6. The first-order valence-corrected chi connectivity index (χ1v) is 11.2. The van der Waals surface area contributed by atoms with Gasteiger partial charge in [0.25, 0.3) is 10.0 Å². The highest BCUT2D eigenvalue weighted by atomic mass is 32.2. The first-order chi connectivity index (χ1) is 13.3. The van der Waals surface area contributed by atoms with Gasteiger partial charge in [0.15, 0.2) is 0 Å². The van der Waals surface area contributed by atoms with E-state index in [4.69, 9.17) is 18.0 Å². The van der Waals surface area contributed by atoms with Crippen molar-refractivity contribution in [3.05, 3.63) is 41.8 Å². The van der Waals surface area contributed by atoms with Crippen LogP contribution in [0.4, 0.5) is 4.39 Å². The van der Waals surface area contributed by atoms with E-state index in [2.05, 4.69) is 21.4 Å². The molecule has 2 N–H and O–H groups in total. The minimum atomic E-state index is -3.59. The molecule has 28 heavy (non-hydrogen) atoms. The molecule has 7 nitrogen and oxygen atoms in total. The second-order valence-electron chi connectivity index (χ2n) is 7.08. The fraction of sp³-hybridized carbons (Fsp3) is 0.556. The monoisotopic (exact) mass is 427 g/mol. The number of nitrogens with two attached hydrogens (primary N) is 1. The van der Waals surface area contributed by atoms with E-state index in [1.165, 1.54) is 16.0 Å². The van der Waals surface area contributed by atoms with Crippen LogP contribution in [0.15, 0.2) is 36.1 Å². The Labute approximate surface area is 170 Å². The molecule has 0 bridgehead atoms. The molecule has 1 saturated heterocycles. The minimum absolute atomic E-state index is 0.0799. The van der Waals surface area contributed by atoms with E-state index in [0.29, 0.717) is 45.6 Å². The predicted molar refractivity (Wildman–Crippen MR) is 111 cm³/mol. The van der Waals surface area contributed by atoms with Crippen LogP contribution in [0.5, 0.6) is 0 Å². The van der Waals surface area contributed by atoms with Crippen LogP contribution >= 0.6 is 12.2 Å². The van der Waals surface area contributed by atoms with Crippen LogP contribution in [-0.2, 0) is 16.6 Å². The number of halogens is 1. The van der Waals surface area contributed by atoms with Gasteiger partial charge in [-0.25, -0.2) is 17.8 Å². The molecule has 3 rings (SSSR count). The SMILES string of the molecule is CC(C1=CC=C(F)CC1)n1cncc1CN1CCN(S(=O)(=O)C(=S)CN)CC1. The molecule has 1 atom stereocenters. The van der Waals surface area contributed by atoms with Crippen molar-refractivity contribution >= 4 is 26.4 Å². The first-order valence-electron chi connectivity index (χ1n) is 9.34. The summed E-state index contributed by atoms with van der Waals surface area (Å²) in [7, 11) is -3.59. The fourth-order valence-corrected chi connectivity index (χ4v) is 5.02. The second kappa shape index (κ2) is 8.91. The van der Waals surface area contributed by atoms with Gasteiger partial charge in [0.1, 0.15) is 10.0 Å². The van der Waals surface area contributed by atoms with Crippen LogP contribution in [0.3, 0.4) is 0 Å². The molecule has 2 aliphatic rings. The maximum Gasteiger partial charge on any atom is 0.250 e. The molecule has 0 radical (unpaired) electrons. The van der Waals surface area contributed by atoms with E-state index in [1.54, 1.807) is 6.33 Å². The van der Waals surface area contributed by atoms with E-state index in [-0.39, 0.29) is 22.6 Å². The number of aromatic nitrogens is 2. The molecule has 1 aliphatic carbocycles. The van der Waals surface area contributed by atoms with Gasteiger partial charge in [-0.1, -0.05) is 18.3 Å². The van der Waals surface area contributed by atoms with Gasteiger partial charge in [-0.15, -0.1) is 0 Å². The lowest BCUT2D eigenvalue weighted by molar-refractivity contribution is 0.179. The van der Waals surface area contributed by atoms with Crippen molar-refractivity contribution < 1.29 is 12.8 Å². The van der Waals surface area contributed by atoms with Crippen LogP contribution in [0, 0.1) is 0 Å². The third-order valence-electron chi connectivity index (χ3n) is 5.34. The molecule has 1 aromatic rings. The molecule has 2 heterocycles. The van der Waals surface area contributed by atoms with Gasteiger partial charge in [0, 0.05) is 51.9 Å². The summed E-state index contributed by atoms with van der Waals surface area (Å²) in [5.41, 5.74) is 7.63. The van der Waals surface area contributed by atoms with Crippen LogP contribution in [0.25, 0.3) is 0 Å². The van der Waals surface area contributed by atoms with Gasteiger partial charge in [-0.2, -0.15) is 4.31 Å². The summed E-state index contributed by atoms with van der Waals surface area (Å²) in [6.45, 7) is 4.64. The van der Waals surface area contributed by atoms with Gasteiger partial charge in [-0.3, -0.25) is 4.90 Å². The second-order valence-corrected chi connectivity index (χ2v) is 9.79. The maximum absolute atomic E-state index is 13.3. The molecule has 10 heteroatoms. The van der Waals surface area contributed by atoms with E-state index in [9.17, 15) is 12.8 Å². The van der Waals surface area contributed by atoms with Gasteiger partial charge in [-0.05, 0) is 25.0 Å². The number of hydrogen-bond acceptors (Lipinski definition) is 6. The average Bonchev–Trinajstić information content (AvgIpc) is 3.15. The Bertz CT molecular complexity index is 886. The summed E-state index contributed by atoms with van der Waals surface area (Å²) in [4.78, 5) is 6.49. The quantitative estimate of drug-likeness (QED) is 0.697. The van der Waals surface area contributed by atoms with E-state index >= 15 is 0 Å². The lowest BCUT2D eigenvalue weighted by Crippen LogP contribution is -2.50. The predicted octanol–water partition coefficient (Wildman–Crippen LogP) is 1.75. The van der Waals surface area contributed by atoms with Crippen molar-refractivity contribution in [1.82, 2.24) is 18.8 Å². The van der Waals surface area contributed by atoms with Crippen molar-refractivity contribution in [2.75, 3.05) is 32.7 Å². The maximum atomic E-state index is 13.3. The Morgan fingerprint density at radius 3 is 2.61 bits per heavy atom. The number of nitrogens with zero attached hydrogens (tertiary/aromatic N) is 4. The molecule has 0 spiro atoms. The number of hydrogen-bond donors (Lipinski definition) is 1. The highest BCUT2D eigenvalue weighted by Gasteiger charge is 2.30. The third-order valence-corrected chi connectivity index (χ3v) is 7.93. The fourth-order valence-electron chi connectivity index (χ4n) is 3.56. The number of piperazine rings is 1. The molecule has 1 fully saturated rings. The standard InChI is InChI=1S/C18H26FN5O2S2/c1-14(15-2-4-16(19)5-3-15)24-13-21-11-17(24)12-22-6-8-23(9-7-22)28(25,26)18(27)10-20/h2,4,11,13-14H,3,5-10,12,20H2,1H3. The Hall–Kier alpha value is -1.46. The lowest BCUT2D eigenvalue weighted by Gasteiger charge is -2.34. The van der Waals surface area contributed by atoms with Gasteiger partial charge in [0.2, 0.25) is 0 Å². The molecule has 0 amide bonds. The van der Waals surface area contributed by atoms with Crippen molar-refractivity contribution in [3.8, 4) is 0 Å².